The minimum absolute atomic E-state index is 0.0251. The van der Waals surface area contributed by atoms with E-state index in [0.29, 0.717) is 6.67 Å². The van der Waals surface area contributed by atoms with E-state index in [-0.39, 0.29) is 43.3 Å². The van der Waals surface area contributed by atoms with Crippen LogP contribution < -0.4 is 14.5 Å². The summed E-state index contributed by atoms with van der Waals surface area (Å²) < 4.78 is 9.64. The molecule has 3 heterocycles. The lowest BCUT2D eigenvalue weighted by Crippen LogP contribution is -2.40. The molecule has 11 aromatic rings. The van der Waals surface area contributed by atoms with E-state index in [1.165, 1.54) is 100 Å². The fourth-order valence-corrected chi connectivity index (χ4v) is 16.3. The van der Waals surface area contributed by atoms with Crippen LogP contribution in [0.4, 0.5) is 22.7 Å². The molecule has 5 nitrogen and oxygen atoms in total. The normalized spacial score (nSPS) is 16.5. The zero-order chi connectivity index (χ0) is 68.9. The first-order valence-corrected chi connectivity index (χ1v) is 35.8. The van der Waals surface area contributed by atoms with Gasteiger partial charge in [0.05, 0.1) is 28.1 Å². The average Bonchev–Trinajstić information content (AvgIpc) is 1.27. The molecule has 496 valence electrons. The third kappa shape index (κ3) is 11.6. The molecule has 0 unspecified atom stereocenters. The summed E-state index contributed by atoms with van der Waals surface area (Å²) in [5.41, 5.74) is 27.6. The Balaban J connectivity index is 0.912. The Morgan fingerprint density at radius 2 is 0.897 bits per heavy atom. The Bertz CT molecular complexity index is 4820. The lowest BCUT2D eigenvalue weighted by Gasteiger charge is -2.50. The number of ether oxygens (including phenoxy) is 1. The van der Waals surface area contributed by atoms with Gasteiger partial charge in [0.1, 0.15) is 24.0 Å². The van der Waals surface area contributed by atoms with Crippen molar-refractivity contribution in [1.82, 2.24) is 9.55 Å². The first-order valence-electron chi connectivity index (χ1n) is 35.8. The average molecular weight is 1280 g/mol. The number of hydrogen-bond acceptors (Lipinski definition) is 4. The first kappa shape index (κ1) is 65.6. The number of benzene rings is 9. The Kier molecular flexibility index (Phi) is 15.5. The summed E-state index contributed by atoms with van der Waals surface area (Å²) in [4.78, 5) is 10.8. The largest absolute Gasteiger partial charge is 0.457 e. The number of para-hydroxylation sites is 2. The molecule has 2 aliphatic carbocycles. The summed E-state index contributed by atoms with van der Waals surface area (Å²) in [5.74, 6) is 2.42. The maximum Gasteiger partial charge on any atom is 0.137 e. The molecule has 0 saturated carbocycles. The predicted octanol–water partition coefficient (Wildman–Crippen LogP) is 25.8. The second-order valence-electron chi connectivity index (χ2n) is 35.5. The molecular weight excluding hydrogens is 1180 g/mol. The zero-order valence-electron chi connectivity index (χ0n) is 61.7. The second-order valence-corrected chi connectivity index (χ2v) is 35.5. The van der Waals surface area contributed by atoms with Gasteiger partial charge in [-0.3, -0.25) is 4.57 Å². The molecule has 97 heavy (non-hydrogen) atoms. The van der Waals surface area contributed by atoms with E-state index in [0.717, 1.165) is 76.5 Å². The fraction of sp³-hybridized carbons (Fsp3) is 0.359. The summed E-state index contributed by atoms with van der Waals surface area (Å²) >= 11 is 0. The first-order chi connectivity index (χ1) is 45.6. The smallest absolute Gasteiger partial charge is 0.137 e. The molecule has 14 rings (SSSR count). The van der Waals surface area contributed by atoms with Gasteiger partial charge >= 0.3 is 0 Å². The van der Waals surface area contributed by atoms with Crippen molar-refractivity contribution in [1.29, 1.82) is 0 Å². The molecule has 1 aliphatic heterocycles. The van der Waals surface area contributed by atoms with Gasteiger partial charge in [-0.15, -0.1) is 0 Å². The van der Waals surface area contributed by atoms with Crippen molar-refractivity contribution in [2.75, 3.05) is 16.5 Å². The molecule has 5 heteroatoms. The Morgan fingerprint density at radius 3 is 1.46 bits per heavy atom. The molecule has 0 saturated heterocycles. The van der Waals surface area contributed by atoms with Crippen LogP contribution in [0.5, 0.6) is 11.5 Å². The van der Waals surface area contributed by atoms with Gasteiger partial charge in [-0.25, -0.2) is 4.98 Å². The third-order valence-electron chi connectivity index (χ3n) is 22.4. The number of fused-ring (bicyclic) bond motifs is 6. The number of rotatable bonds is 9. The summed E-state index contributed by atoms with van der Waals surface area (Å²) in [7, 11) is 0. The highest BCUT2D eigenvalue weighted by atomic mass is 16.5. The molecule has 0 atom stereocenters. The molecule has 0 spiro atoms. The van der Waals surface area contributed by atoms with Crippen molar-refractivity contribution in [2.24, 2.45) is 0 Å². The van der Waals surface area contributed by atoms with Crippen LogP contribution in [-0.2, 0) is 43.3 Å². The van der Waals surface area contributed by atoms with Crippen LogP contribution in [0.3, 0.4) is 0 Å². The minimum Gasteiger partial charge on any atom is -0.457 e. The van der Waals surface area contributed by atoms with Crippen molar-refractivity contribution in [3.05, 3.63) is 239 Å². The highest BCUT2D eigenvalue weighted by molar-refractivity contribution is 6.16. The van der Waals surface area contributed by atoms with Crippen LogP contribution in [0, 0.1) is 0 Å². The fourth-order valence-electron chi connectivity index (χ4n) is 16.3. The molecule has 0 bridgehead atoms. The van der Waals surface area contributed by atoms with E-state index in [4.69, 9.17) is 9.72 Å². The van der Waals surface area contributed by atoms with Crippen LogP contribution >= 0.6 is 0 Å². The van der Waals surface area contributed by atoms with Crippen LogP contribution in [0.2, 0.25) is 0 Å². The third-order valence-corrected chi connectivity index (χ3v) is 22.4. The number of hydrogen-bond donors (Lipinski definition) is 0. The van der Waals surface area contributed by atoms with E-state index in [1.54, 1.807) is 0 Å². The second kappa shape index (κ2) is 23.0. The van der Waals surface area contributed by atoms with Crippen molar-refractivity contribution < 1.29 is 4.74 Å². The summed E-state index contributed by atoms with van der Waals surface area (Å²) in [6.07, 6.45) is 6.88. The van der Waals surface area contributed by atoms with E-state index in [9.17, 15) is 0 Å². The van der Waals surface area contributed by atoms with E-state index in [2.05, 4.69) is 347 Å². The van der Waals surface area contributed by atoms with Gasteiger partial charge in [0, 0.05) is 51.5 Å². The van der Waals surface area contributed by atoms with Crippen LogP contribution in [-0.4, -0.2) is 16.2 Å². The molecule has 3 aliphatic rings. The SMILES string of the molecule is CC(C)(C)c1cc(-c2cc(C(C)(C)C)cc(-c3ccccc3)c2N2CN(c3cccc(Oc4ccc5c6c(-c7ccccc7)cccc6n(-c6cc(C(C)(C)C)c(-c7c8c(cc9c7C(C)(C)CCC9(C)C)C(C)(C)CCC8(C)C)cn6)c5c4)c3)c3ccccc32)cc(C(C)(C)C)c1. The van der Waals surface area contributed by atoms with Crippen molar-refractivity contribution >= 4 is 44.6 Å². The van der Waals surface area contributed by atoms with Gasteiger partial charge in [0.2, 0.25) is 0 Å². The van der Waals surface area contributed by atoms with Crippen LogP contribution in [0.1, 0.15) is 209 Å². The van der Waals surface area contributed by atoms with Gasteiger partial charge in [0.25, 0.3) is 0 Å². The quantitative estimate of drug-likeness (QED) is 0.144. The van der Waals surface area contributed by atoms with Gasteiger partial charge < -0.3 is 14.5 Å². The molecule has 0 radical (unpaired) electrons. The van der Waals surface area contributed by atoms with E-state index in [1.807, 2.05) is 0 Å². The molecule has 0 N–H and O–H groups in total. The van der Waals surface area contributed by atoms with Crippen molar-refractivity contribution in [2.45, 2.75) is 207 Å². The van der Waals surface area contributed by atoms with Gasteiger partial charge in [-0.2, -0.15) is 0 Å². The van der Waals surface area contributed by atoms with E-state index < -0.39 is 0 Å². The molecule has 2 aromatic heterocycles. The molecule has 0 fully saturated rings. The van der Waals surface area contributed by atoms with Gasteiger partial charge in [-0.1, -0.05) is 254 Å². The van der Waals surface area contributed by atoms with Crippen molar-refractivity contribution in [3.8, 4) is 61.8 Å². The molecule has 9 aromatic carbocycles. The highest BCUT2D eigenvalue weighted by Crippen LogP contribution is 2.59. The predicted molar refractivity (Wildman–Crippen MR) is 414 cm³/mol. The number of pyridine rings is 1. The lowest BCUT2D eigenvalue weighted by atomic mass is 9.54. The number of nitrogens with zero attached hydrogens (tertiary/aromatic N) is 4. The topological polar surface area (TPSA) is 33.5 Å². The van der Waals surface area contributed by atoms with E-state index >= 15 is 0 Å². The lowest BCUT2D eigenvalue weighted by molar-refractivity contribution is 0.314. The van der Waals surface area contributed by atoms with Gasteiger partial charge in [0.15, 0.2) is 0 Å². The van der Waals surface area contributed by atoms with Crippen LogP contribution in [0.25, 0.3) is 72.1 Å². The Labute approximate surface area is 580 Å². The number of anilines is 4. The van der Waals surface area contributed by atoms with Crippen LogP contribution in [0.15, 0.2) is 194 Å². The maximum atomic E-state index is 7.22. The Morgan fingerprint density at radius 1 is 0.392 bits per heavy atom. The highest BCUT2D eigenvalue weighted by Gasteiger charge is 2.47. The number of aromatic nitrogens is 2. The zero-order valence-corrected chi connectivity index (χ0v) is 61.7. The Hall–Kier alpha value is -8.67. The maximum absolute atomic E-state index is 7.22. The standard InChI is InChI=1S/C92H102N4O/c1-85(2,3)61-47-60(48-62(49-61)86(4,5)6)70-51-63(87(7,8)9)50-69(59-33-25-22-26-34-59)84(70)95-57-94(75-38-27-28-39-76(75)95)64-35-29-36-65(52-64)97-66-41-42-68-78(53-66)96(77-40-30-37-67(80(68)77)58-31-23-21-24-32-58)79-55-72(88(10,11)12)71(56-93-79)81-82-73(89(13,14)43-45-91(82,17)18)54-74-83(81)92(19,20)46-44-90(74,15)16/h21-42,47-56H,43-46,57H2,1-20H3. The summed E-state index contributed by atoms with van der Waals surface area (Å²) in [6.45, 7) is 48.9. The molecular formula is C92H102N4O. The monoisotopic (exact) mass is 1280 g/mol. The van der Waals surface area contributed by atoms with Crippen molar-refractivity contribution in [3.63, 3.8) is 0 Å². The summed E-state index contributed by atoms with van der Waals surface area (Å²) in [6, 6.07) is 70.5. The molecule has 0 amide bonds. The van der Waals surface area contributed by atoms with Gasteiger partial charge in [-0.05, 0) is 202 Å². The summed E-state index contributed by atoms with van der Waals surface area (Å²) in [5, 5.41) is 2.34. The minimum atomic E-state index is -0.233.